The Kier molecular flexibility index (Phi) is 4.61. The van der Waals surface area contributed by atoms with Crippen LogP contribution in [0.2, 0.25) is 0 Å². The number of rotatable bonds is 4. The summed E-state index contributed by atoms with van der Waals surface area (Å²) >= 11 is 0. The number of nitrogens with zero attached hydrogens (tertiary/aromatic N) is 3. The number of aromatic nitrogens is 2. The van der Waals surface area contributed by atoms with Crippen molar-refractivity contribution in [3.05, 3.63) is 53.2 Å². The van der Waals surface area contributed by atoms with Gasteiger partial charge in [0, 0.05) is 26.2 Å². The fourth-order valence-electron chi connectivity index (χ4n) is 3.40. The van der Waals surface area contributed by atoms with Gasteiger partial charge in [0.1, 0.15) is 5.82 Å². The molecule has 1 saturated heterocycles. The molecular weight excluding hydrogens is 316 g/mol. The zero-order valence-corrected chi connectivity index (χ0v) is 14.1. The number of hydrogen-bond donors (Lipinski definition) is 1. The van der Waals surface area contributed by atoms with Gasteiger partial charge in [-0.2, -0.15) is 0 Å². The van der Waals surface area contributed by atoms with Gasteiger partial charge in [-0.05, 0) is 42.5 Å². The second kappa shape index (κ2) is 7.19. The fourth-order valence-corrected chi connectivity index (χ4v) is 3.40. The molecule has 1 aromatic heterocycles. The van der Waals surface area contributed by atoms with Crippen molar-refractivity contribution in [2.75, 3.05) is 25.0 Å². The molecule has 2 aliphatic heterocycles. The van der Waals surface area contributed by atoms with Crippen LogP contribution in [0.5, 0.6) is 0 Å². The average molecular weight is 338 g/mol. The summed E-state index contributed by atoms with van der Waals surface area (Å²) in [4.78, 5) is 14.5. The number of hydrogen-bond acceptors (Lipinski definition) is 5. The molecule has 1 fully saturated rings. The van der Waals surface area contributed by atoms with Gasteiger partial charge in [0.05, 0.1) is 6.10 Å². The summed E-state index contributed by atoms with van der Waals surface area (Å²) in [5.74, 6) is 0.615. The highest BCUT2D eigenvalue weighted by Crippen LogP contribution is 2.20. The van der Waals surface area contributed by atoms with Crippen molar-refractivity contribution in [3.63, 3.8) is 0 Å². The predicted molar refractivity (Wildman–Crippen MR) is 94.4 cm³/mol. The third-order valence-electron chi connectivity index (χ3n) is 4.84. The zero-order valence-electron chi connectivity index (χ0n) is 14.1. The molecule has 25 heavy (non-hydrogen) atoms. The van der Waals surface area contributed by atoms with Crippen molar-refractivity contribution >= 4 is 11.7 Å². The summed E-state index contributed by atoms with van der Waals surface area (Å²) in [5.41, 5.74) is 2.93. The molecule has 4 rings (SSSR count). The SMILES string of the molecule is O=C(c1ccc(NCC2CCCO2)nn1)N1CCc2ccccc2C1. The van der Waals surface area contributed by atoms with E-state index in [0.717, 1.165) is 39.0 Å². The standard InChI is InChI=1S/C19H22N4O2/c24-19(23-10-9-14-4-1-2-5-15(14)13-23)17-7-8-18(22-21-17)20-12-16-6-3-11-25-16/h1-2,4-5,7-8,16H,3,6,9-13H2,(H,20,22). The lowest BCUT2D eigenvalue weighted by Gasteiger charge is -2.28. The van der Waals surface area contributed by atoms with Crippen LogP contribution >= 0.6 is 0 Å². The highest BCUT2D eigenvalue weighted by atomic mass is 16.5. The molecular formula is C19H22N4O2. The van der Waals surface area contributed by atoms with Crippen LogP contribution in [-0.2, 0) is 17.7 Å². The summed E-state index contributed by atoms with van der Waals surface area (Å²) < 4.78 is 5.57. The quantitative estimate of drug-likeness (QED) is 0.926. The van der Waals surface area contributed by atoms with Crippen molar-refractivity contribution in [2.24, 2.45) is 0 Å². The molecule has 2 aliphatic rings. The van der Waals surface area contributed by atoms with Crippen LogP contribution in [-0.4, -0.2) is 46.8 Å². The van der Waals surface area contributed by atoms with Crippen LogP contribution in [0.15, 0.2) is 36.4 Å². The minimum absolute atomic E-state index is 0.0623. The van der Waals surface area contributed by atoms with Crippen molar-refractivity contribution in [1.29, 1.82) is 0 Å². The van der Waals surface area contributed by atoms with Crippen LogP contribution in [0, 0.1) is 0 Å². The lowest BCUT2D eigenvalue weighted by atomic mass is 10.00. The molecule has 0 spiro atoms. The van der Waals surface area contributed by atoms with E-state index in [0.29, 0.717) is 18.1 Å². The summed E-state index contributed by atoms with van der Waals surface area (Å²) in [6.45, 7) is 2.92. The van der Waals surface area contributed by atoms with Crippen LogP contribution in [0.3, 0.4) is 0 Å². The van der Waals surface area contributed by atoms with Crippen molar-refractivity contribution < 1.29 is 9.53 Å². The Balaban J connectivity index is 1.37. The van der Waals surface area contributed by atoms with Crippen molar-refractivity contribution in [2.45, 2.75) is 31.9 Å². The molecule has 1 aromatic carbocycles. The topological polar surface area (TPSA) is 67.3 Å². The molecule has 6 heteroatoms. The smallest absolute Gasteiger partial charge is 0.274 e. The normalized spacial score (nSPS) is 19.5. The minimum Gasteiger partial charge on any atom is -0.376 e. The maximum Gasteiger partial charge on any atom is 0.274 e. The third kappa shape index (κ3) is 3.64. The third-order valence-corrected chi connectivity index (χ3v) is 4.84. The van der Waals surface area contributed by atoms with Gasteiger partial charge in [0.25, 0.3) is 5.91 Å². The number of ether oxygens (including phenoxy) is 1. The number of carbonyl (C=O) groups excluding carboxylic acids is 1. The molecule has 0 aliphatic carbocycles. The number of nitrogens with one attached hydrogen (secondary N) is 1. The Labute approximate surface area is 147 Å². The van der Waals surface area contributed by atoms with E-state index in [-0.39, 0.29) is 12.0 Å². The first kappa shape index (κ1) is 16.0. The molecule has 1 amide bonds. The Hall–Kier alpha value is -2.47. The highest BCUT2D eigenvalue weighted by Gasteiger charge is 2.22. The highest BCUT2D eigenvalue weighted by molar-refractivity contribution is 5.92. The molecule has 6 nitrogen and oxygen atoms in total. The van der Waals surface area contributed by atoms with Gasteiger partial charge < -0.3 is 15.0 Å². The fraction of sp³-hybridized carbons (Fsp3) is 0.421. The molecule has 2 aromatic rings. The summed E-state index contributed by atoms with van der Waals surface area (Å²) in [5, 5.41) is 11.5. The number of amides is 1. The number of anilines is 1. The van der Waals surface area contributed by atoms with Crippen molar-refractivity contribution in [3.8, 4) is 0 Å². The Bertz CT molecular complexity index is 741. The van der Waals surface area contributed by atoms with E-state index in [1.54, 1.807) is 6.07 Å². The Morgan fingerprint density at radius 3 is 2.84 bits per heavy atom. The second-order valence-electron chi connectivity index (χ2n) is 6.57. The van der Waals surface area contributed by atoms with Crippen LogP contribution in [0.1, 0.15) is 34.5 Å². The van der Waals surface area contributed by atoms with Gasteiger partial charge in [-0.1, -0.05) is 24.3 Å². The van der Waals surface area contributed by atoms with E-state index in [9.17, 15) is 4.79 Å². The molecule has 1 unspecified atom stereocenters. The number of carbonyl (C=O) groups is 1. The van der Waals surface area contributed by atoms with Crippen molar-refractivity contribution in [1.82, 2.24) is 15.1 Å². The zero-order chi connectivity index (χ0) is 17.1. The largest absolute Gasteiger partial charge is 0.376 e. The van der Waals surface area contributed by atoms with Gasteiger partial charge in [0.15, 0.2) is 5.69 Å². The molecule has 130 valence electrons. The molecule has 0 saturated carbocycles. The molecule has 3 heterocycles. The van der Waals surface area contributed by atoms with E-state index in [2.05, 4.69) is 27.6 Å². The van der Waals surface area contributed by atoms with Gasteiger partial charge >= 0.3 is 0 Å². The molecule has 1 N–H and O–H groups in total. The predicted octanol–water partition coefficient (Wildman–Crippen LogP) is 2.27. The van der Waals surface area contributed by atoms with Gasteiger partial charge in [-0.15, -0.1) is 10.2 Å². The maximum atomic E-state index is 12.7. The number of benzene rings is 1. The number of fused-ring (bicyclic) bond motifs is 1. The Morgan fingerprint density at radius 2 is 2.08 bits per heavy atom. The second-order valence-corrected chi connectivity index (χ2v) is 6.57. The monoisotopic (exact) mass is 338 g/mol. The van der Waals surface area contributed by atoms with E-state index >= 15 is 0 Å². The first-order chi connectivity index (χ1) is 12.3. The van der Waals surface area contributed by atoms with E-state index in [1.165, 1.54) is 11.1 Å². The van der Waals surface area contributed by atoms with Crippen LogP contribution in [0.4, 0.5) is 5.82 Å². The Morgan fingerprint density at radius 1 is 1.20 bits per heavy atom. The molecule has 0 radical (unpaired) electrons. The average Bonchev–Trinajstić information content (AvgIpc) is 3.19. The summed E-state index contributed by atoms with van der Waals surface area (Å²) in [6, 6.07) is 11.8. The van der Waals surface area contributed by atoms with Gasteiger partial charge in [-0.3, -0.25) is 4.79 Å². The summed E-state index contributed by atoms with van der Waals surface area (Å²) in [7, 11) is 0. The van der Waals surface area contributed by atoms with E-state index in [1.807, 2.05) is 23.1 Å². The van der Waals surface area contributed by atoms with Crippen LogP contribution in [0.25, 0.3) is 0 Å². The maximum absolute atomic E-state index is 12.7. The van der Waals surface area contributed by atoms with Gasteiger partial charge in [-0.25, -0.2) is 0 Å². The molecule has 1 atom stereocenters. The first-order valence-corrected chi connectivity index (χ1v) is 8.85. The summed E-state index contributed by atoms with van der Waals surface area (Å²) in [6.07, 6.45) is 3.32. The van der Waals surface area contributed by atoms with Gasteiger partial charge in [0.2, 0.25) is 0 Å². The first-order valence-electron chi connectivity index (χ1n) is 8.85. The lowest BCUT2D eigenvalue weighted by Crippen LogP contribution is -2.36. The van der Waals surface area contributed by atoms with E-state index in [4.69, 9.17) is 4.74 Å². The van der Waals surface area contributed by atoms with E-state index < -0.39 is 0 Å². The van der Waals surface area contributed by atoms with Crippen LogP contribution < -0.4 is 5.32 Å². The molecule has 0 bridgehead atoms. The lowest BCUT2D eigenvalue weighted by molar-refractivity contribution is 0.0727. The minimum atomic E-state index is -0.0623.